The summed E-state index contributed by atoms with van der Waals surface area (Å²) in [7, 11) is 0. The summed E-state index contributed by atoms with van der Waals surface area (Å²) in [6, 6.07) is 14.8. The van der Waals surface area contributed by atoms with Crippen LogP contribution in [0.5, 0.6) is 0 Å². The number of halogens is 2. The topological polar surface area (TPSA) is 83.4 Å². The van der Waals surface area contributed by atoms with Crippen LogP contribution in [0.4, 0.5) is 5.69 Å². The second-order valence-corrected chi connectivity index (χ2v) is 7.16. The molecule has 1 aromatic heterocycles. The zero-order chi connectivity index (χ0) is 20.8. The normalized spacial score (nSPS) is 10.3. The molecule has 0 atom stereocenters. The standard InChI is InChI=1S/C20H15Cl2N3O3S/c21-13-8-12(9-14(22)10-13)18(26)25-20(29)24-17-6-2-1-5-16(17)19(27)23-11-15-4-3-7-28-15/h1-10H,11H2,(H,23,27)(H2,24,25,26,29). The SMILES string of the molecule is O=C(NC(=S)Nc1ccccc1C(=O)NCc1ccco1)c1cc(Cl)cc(Cl)c1. The maximum atomic E-state index is 12.5. The number of thiocarbonyl (C=S) groups is 1. The lowest BCUT2D eigenvalue weighted by molar-refractivity contribution is 0.0947. The van der Waals surface area contributed by atoms with Gasteiger partial charge in [0.05, 0.1) is 24.1 Å². The quantitative estimate of drug-likeness (QED) is 0.496. The molecule has 0 saturated carbocycles. The first-order chi connectivity index (χ1) is 13.9. The molecule has 29 heavy (non-hydrogen) atoms. The molecule has 0 saturated heterocycles. The zero-order valence-electron chi connectivity index (χ0n) is 14.9. The summed E-state index contributed by atoms with van der Waals surface area (Å²) in [6.45, 7) is 0.247. The lowest BCUT2D eigenvalue weighted by Gasteiger charge is -2.13. The first-order valence-corrected chi connectivity index (χ1v) is 9.57. The number of carbonyl (C=O) groups excluding carboxylic acids is 2. The zero-order valence-corrected chi connectivity index (χ0v) is 17.2. The van der Waals surface area contributed by atoms with E-state index in [2.05, 4.69) is 16.0 Å². The minimum absolute atomic E-state index is 0.0254. The molecule has 3 rings (SSSR count). The van der Waals surface area contributed by atoms with Crippen LogP contribution in [0.3, 0.4) is 0 Å². The molecule has 0 fully saturated rings. The van der Waals surface area contributed by atoms with Crippen molar-refractivity contribution in [3.63, 3.8) is 0 Å². The average Bonchev–Trinajstić information content (AvgIpc) is 3.19. The molecule has 148 valence electrons. The van der Waals surface area contributed by atoms with Crippen molar-refractivity contribution in [3.05, 3.63) is 87.8 Å². The molecular formula is C20H15Cl2N3O3S. The molecule has 0 radical (unpaired) electrons. The minimum Gasteiger partial charge on any atom is -0.467 e. The number of hydrogen-bond donors (Lipinski definition) is 3. The van der Waals surface area contributed by atoms with Crippen molar-refractivity contribution in [3.8, 4) is 0 Å². The van der Waals surface area contributed by atoms with Crippen molar-refractivity contribution < 1.29 is 14.0 Å². The van der Waals surface area contributed by atoms with Crippen LogP contribution >= 0.6 is 35.4 Å². The number of para-hydroxylation sites is 1. The average molecular weight is 448 g/mol. The summed E-state index contributed by atoms with van der Waals surface area (Å²) in [5.41, 5.74) is 1.07. The fourth-order valence-electron chi connectivity index (χ4n) is 2.48. The van der Waals surface area contributed by atoms with Crippen molar-refractivity contribution in [1.29, 1.82) is 0 Å². The van der Waals surface area contributed by atoms with Crippen molar-refractivity contribution in [2.45, 2.75) is 6.54 Å². The predicted octanol–water partition coefficient (Wildman–Crippen LogP) is 4.64. The van der Waals surface area contributed by atoms with Gasteiger partial charge < -0.3 is 15.1 Å². The van der Waals surface area contributed by atoms with Crippen molar-refractivity contribution >= 4 is 58.0 Å². The Hall–Kier alpha value is -2.87. The van der Waals surface area contributed by atoms with E-state index >= 15 is 0 Å². The van der Waals surface area contributed by atoms with Crippen molar-refractivity contribution in [1.82, 2.24) is 10.6 Å². The Morgan fingerprint density at radius 1 is 0.966 bits per heavy atom. The molecule has 1 heterocycles. The van der Waals surface area contributed by atoms with E-state index < -0.39 is 5.91 Å². The lowest BCUT2D eigenvalue weighted by Crippen LogP contribution is -2.35. The Morgan fingerprint density at radius 3 is 2.38 bits per heavy atom. The Kier molecular flexibility index (Phi) is 6.87. The number of furan rings is 1. The number of carbonyl (C=O) groups is 2. The van der Waals surface area contributed by atoms with Crippen molar-refractivity contribution in [2.24, 2.45) is 0 Å². The molecule has 0 unspecified atom stereocenters. The van der Waals surface area contributed by atoms with Crippen LogP contribution in [-0.2, 0) is 6.54 Å². The third-order valence-corrected chi connectivity index (χ3v) is 4.42. The molecule has 2 amide bonds. The second-order valence-electron chi connectivity index (χ2n) is 5.87. The van der Waals surface area contributed by atoms with E-state index in [1.54, 1.807) is 36.4 Å². The fourth-order valence-corrected chi connectivity index (χ4v) is 3.21. The number of amides is 2. The van der Waals surface area contributed by atoms with E-state index in [0.717, 1.165) is 0 Å². The van der Waals surface area contributed by atoms with E-state index in [4.69, 9.17) is 39.8 Å². The van der Waals surface area contributed by atoms with E-state index in [9.17, 15) is 9.59 Å². The molecular weight excluding hydrogens is 433 g/mol. The van der Waals surface area contributed by atoms with Gasteiger partial charge in [0, 0.05) is 15.6 Å². The van der Waals surface area contributed by atoms with E-state index in [0.29, 0.717) is 27.1 Å². The maximum absolute atomic E-state index is 12.5. The molecule has 3 aromatic rings. The minimum atomic E-state index is -0.480. The summed E-state index contributed by atoms with van der Waals surface area (Å²) in [5.74, 6) is -0.168. The first kappa shape index (κ1) is 20.9. The molecule has 2 aromatic carbocycles. The van der Waals surface area contributed by atoms with Gasteiger partial charge in [-0.25, -0.2) is 0 Å². The van der Waals surface area contributed by atoms with Gasteiger partial charge in [0.2, 0.25) is 0 Å². The number of anilines is 1. The summed E-state index contributed by atoms with van der Waals surface area (Å²) < 4.78 is 5.20. The Bertz CT molecular complexity index is 1030. The van der Waals surface area contributed by atoms with Crippen LogP contribution < -0.4 is 16.0 Å². The van der Waals surface area contributed by atoms with Gasteiger partial charge in [-0.15, -0.1) is 0 Å². The Morgan fingerprint density at radius 2 is 1.69 bits per heavy atom. The molecule has 9 heteroatoms. The van der Waals surface area contributed by atoms with Crippen LogP contribution in [0.25, 0.3) is 0 Å². The number of benzene rings is 2. The summed E-state index contributed by atoms with van der Waals surface area (Å²) in [4.78, 5) is 24.9. The smallest absolute Gasteiger partial charge is 0.257 e. The molecule has 0 aliphatic carbocycles. The highest BCUT2D eigenvalue weighted by atomic mass is 35.5. The van der Waals surface area contributed by atoms with Crippen molar-refractivity contribution in [2.75, 3.05) is 5.32 Å². The highest BCUT2D eigenvalue weighted by Gasteiger charge is 2.14. The molecule has 0 aliphatic rings. The second kappa shape index (κ2) is 9.56. The number of rotatable bonds is 5. The fraction of sp³-hybridized carbons (Fsp3) is 0.0500. The molecule has 0 aliphatic heterocycles. The largest absolute Gasteiger partial charge is 0.467 e. The van der Waals surface area contributed by atoms with Crippen LogP contribution in [0.15, 0.2) is 65.3 Å². The van der Waals surface area contributed by atoms with E-state index in [1.807, 2.05) is 0 Å². The van der Waals surface area contributed by atoms with Gasteiger partial charge >= 0.3 is 0 Å². The molecule has 0 spiro atoms. The summed E-state index contributed by atoms with van der Waals surface area (Å²) >= 11 is 17.0. The number of nitrogens with one attached hydrogen (secondary N) is 3. The highest BCUT2D eigenvalue weighted by molar-refractivity contribution is 7.80. The first-order valence-electron chi connectivity index (χ1n) is 8.40. The Balaban J connectivity index is 1.65. The van der Waals surface area contributed by atoms with E-state index in [1.165, 1.54) is 24.5 Å². The van der Waals surface area contributed by atoms with Gasteiger partial charge in [-0.1, -0.05) is 35.3 Å². The number of hydrogen-bond acceptors (Lipinski definition) is 4. The van der Waals surface area contributed by atoms with Gasteiger partial charge in [-0.3, -0.25) is 14.9 Å². The van der Waals surface area contributed by atoms with Gasteiger partial charge in [-0.2, -0.15) is 0 Å². The monoisotopic (exact) mass is 447 g/mol. The molecule has 0 bridgehead atoms. The maximum Gasteiger partial charge on any atom is 0.257 e. The van der Waals surface area contributed by atoms with Gasteiger partial charge in [-0.05, 0) is 54.7 Å². The van der Waals surface area contributed by atoms with Crippen LogP contribution in [0.1, 0.15) is 26.5 Å². The van der Waals surface area contributed by atoms with Gasteiger partial charge in [0.1, 0.15) is 5.76 Å². The van der Waals surface area contributed by atoms with Gasteiger partial charge in [0.25, 0.3) is 11.8 Å². The molecule has 3 N–H and O–H groups in total. The summed E-state index contributed by atoms with van der Waals surface area (Å²) in [6.07, 6.45) is 1.53. The highest BCUT2D eigenvalue weighted by Crippen LogP contribution is 2.19. The Labute approximate surface area is 182 Å². The van der Waals surface area contributed by atoms with Crippen LogP contribution in [0.2, 0.25) is 10.0 Å². The molecule has 6 nitrogen and oxygen atoms in total. The third-order valence-electron chi connectivity index (χ3n) is 3.77. The lowest BCUT2D eigenvalue weighted by atomic mass is 10.1. The van der Waals surface area contributed by atoms with Gasteiger partial charge in [0.15, 0.2) is 5.11 Å². The van der Waals surface area contributed by atoms with E-state index in [-0.39, 0.29) is 23.1 Å². The summed E-state index contributed by atoms with van der Waals surface area (Å²) in [5, 5.41) is 8.85. The van der Waals surface area contributed by atoms with Crippen LogP contribution in [-0.4, -0.2) is 16.9 Å². The van der Waals surface area contributed by atoms with Crippen LogP contribution in [0, 0.1) is 0 Å². The predicted molar refractivity (Wildman–Crippen MR) is 116 cm³/mol. The third kappa shape index (κ3) is 5.80.